The predicted octanol–water partition coefficient (Wildman–Crippen LogP) is 2.28. The summed E-state index contributed by atoms with van der Waals surface area (Å²) in [5.41, 5.74) is 10.4. The van der Waals surface area contributed by atoms with E-state index in [0.717, 1.165) is 11.1 Å². The van der Waals surface area contributed by atoms with Crippen molar-refractivity contribution in [3.8, 4) is 11.1 Å². The number of nitrogens with two attached hydrogens (primary N) is 1. The van der Waals surface area contributed by atoms with E-state index in [4.69, 9.17) is 5.73 Å². The molecule has 0 spiro atoms. The summed E-state index contributed by atoms with van der Waals surface area (Å²) in [4.78, 5) is 0. The Morgan fingerprint density at radius 3 is 2.57 bits per heavy atom. The number of hydrogen-bond donors (Lipinski definition) is 2. The van der Waals surface area contributed by atoms with Crippen molar-refractivity contribution in [2.24, 2.45) is 0 Å². The summed E-state index contributed by atoms with van der Waals surface area (Å²) in [6, 6.07) is 6.28. The lowest BCUT2D eigenvalue weighted by atomic mass is 10.0. The molecule has 3 nitrogen and oxygen atoms in total. The van der Waals surface area contributed by atoms with Crippen molar-refractivity contribution in [2.75, 3.05) is 5.73 Å². The van der Waals surface area contributed by atoms with Crippen molar-refractivity contribution >= 4 is 5.82 Å². The van der Waals surface area contributed by atoms with Gasteiger partial charge in [0.1, 0.15) is 5.82 Å². The van der Waals surface area contributed by atoms with Crippen LogP contribution in [-0.2, 0) is 0 Å². The Hall–Kier alpha value is -1.77. The normalized spacial score (nSPS) is 10.4. The number of nitrogens with one attached hydrogen (secondary N) is 1. The number of H-pyrrole nitrogens is 1. The van der Waals surface area contributed by atoms with Crippen LogP contribution in [0.2, 0.25) is 0 Å². The highest BCUT2D eigenvalue weighted by Gasteiger charge is 2.04. The number of benzene rings is 1. The van der Waals surface area contributed by atoms with Crippen molar-refractivity contribution in [2.45, 2.75) is 13.8 Å². The number of rotatable bonds is 1. The second-order valence-electron chi connectivity index (χ2n) is 3.50. The minimum Gasteiger partial charge on any atom is -0.384 e. The molecule has 0 bridgehead atoms. The van der Waals surface area contributed by atoms with Gasteiger partial charge in [-0.05, 0) is 30.5 Å². The third kappa shape index (κ3) is 1.37. The van der Waals surface area contributed by atoms with Gasteiger partial charge in [0.2, 0.25) is 0 Å². The molecule has 0 saturated heterocycles. The molecule has 1 aromatic carbocycles. The lowest BCUT2D eigenvalue weighted by molar-refractivity contribution is 1.10. The van der Waals surface area contributed by atoms with Gasteiger partial charge in [0.25, 0.3) is 0 Å². The average Bonchev–Trinajstić information content (AvgIpc) is 2.57. The summed E-state index contributed by atoms with van der Waals surface area (Å²) in [5, 5.41) is 6.63. The van der Waals surface area contributed by atoms with Gasteiger partial charge in [-0.2, -0.15) is 5.10 Å². The number of hydrogen-bond acceptors (Lipinski definition) is 2. The molecule has 0 atom stereocenters. The van der Waals surface area contributed by atoms with Crippen LogP contribution < -0.4 is 5.73 Å². The van der Waals surface area contributed by atoms with E-state index in [9.17, 15) is 0 Å². The lowest BCUT2D eigenvalue weighted by Crippen LogP contribution is -1.88. The van der Waals surface area contributed by atoms with E-state index in [0.29, 0.717) is 5.82 Å². The number of anilines is 1. The summed E-state index contributed by atoms with van der Waals surface area (Å²) in [7, 11) is 0. The minimum absolute atomic E-state index is 0.619. The van der Waals surface area contributed by atoms with Crippen LogP contribution in [0.4, 0.5) is 5.82 Å². The Kier molecular flexibility index (Phi) is 2.00. The summed E-state index contributed by atoms with van der Waals surface area (Å²) in [5.74, 6) is 0.619. The van der Waals surface area contributed by atoms with Crippen LogP contribution in [0.15, 0.2) is 24.4 Å². The Morgan fingerprint density at radius 1 is 1.21 bits per heavy atom. The van der Waals surface area contributed by atoms with Crippen LogP contribution in [0, 0.1) is 13.8 Å². The third-order valence-electron chi connectivity index (χ3n) is 2.49. The topological polar surface area (TPSA) is 54.7 Å². The van der Waals surface area contributed by atoms with Crippen LogP contribution in [0.1, 0.15) is 11.1 Å². The van der Waals surface area contributed by atoms with Crippen LogP contribution in [0.3, 0.4) is 0 Å². The van der Waals surface area contributed by atoms with E-state index in [-0.39, 0.29) is 0 Å². The summed E-state index contributed by atoms with van der Waals surface area (Å²) >= 11 is 0. The monoisotopic (exact) mass is 187 g/mol. The van der Waals surface area contributed by atoms with Crippen LogP contribution in [-0.4, -0.2) is 10.2 Å². The van der Waals surface area contributed by atoms with Gasteiger partial charge in [0, 0.05) is 5.56 Å². The van der Waals surface area contributed by atoms with Crippen molar-refractivity contribution < 1.29 is 0 Å². The molecule has 3 N–H and O–H groups in total. The highest BCUT2D eigenvalue weighted by Crippen LogP contribution is 2.25. The Labute approximate surface area is 83.0 Å². The van der Waals surface area contributed by atoms with Crippen molar-refractivity contribution in [3.63, 3.8) is 0 Å². The summed E-state index contributed by atoms with van der Waals surface area (Å²) in [6.07, 6.45) is 1.75. The Balaban J connectivity index is 2.53. The molecule has 0 amide bonds. The molecule has 2 rings (SSSR count). The highest BCUT2D eigenvalue weighted by molar-refractivity contribution is 5.73. The summed E-state index contributed by atoms with van der Waals surface area (Å²) in [6.45, 7) is 4.19. The standard InChI is InChI=1S/C11H13N3/c1-7-3-4-9(5-8(7)2)10-6-13-14-11(10)12/h3-6H,1-2H3,(H3,12,13,14). The zero-order chi connectivity index (χ0) is 10.1. The number of aromatic amines is 1. The van der Waals surface area contributed by atoms with E-state index in [1.165, 1.54) is 11.1 Å². The fraction of sp³-hybridized carbons (Fsp3) is 0.182. The molecule has 0 unspecified atom stereocenters. The molecule has 72 valence electrons. The van der Waals surface area contributed by atoms with Crippen molar-refractivity contribution in [1.82, 2.24) is 10.2 Å². The largest absolute Gasteiger partial charge is 0.384 e. The van der Waals surface area contributed by atoms with E-state index in [1.807, 2.05) is 0 Å². The maximum Gasteiger partial charge on any atom is 0.126 e. The molecule has 3 heteroatoms. The second kappa shape index (κ2) is 3.18. The molecule has 0 aliphatic rings. The fourth-order valence-electron chi connectivity index (χ4n) is 1.44. The first kappa shape index (κ1) is 8.81. The van der Waals surface area contributed by atoms with Crippen LogP contribution in [0.25, 0.3) is 11.1 Å². The third-order valence-corrected chi connectivity index (χ3v) is 2.49. The molecule has 1 aromatic heterocycles. The van der Waals surface area contributed by atoms with Gasteiger partial charge in [-0.15, -0.1) is 0 Å². The van der Waals surface area contributed by atoms with Crippen molar-refractivity contribution in [3.05, 3.63) is 35.5 Å². The Morgan fingerprint density at radius 2 is 2.00 bits per heavy atom. The zero-order valence-corrected chi connectivity index (χ0v) is 8.33. The van der Waals surface area contributed by atoms with Crippen molar-refractivity contribution in [1.29, 1.82) is 0 Å². The maximum atomic E-state index is 5.74. The molecule has 1 heterocycles. The molecule has 2 aromatic rings. The van der Waals surface area contributed by atoms with Gasteiger partial charge in [-0.25, -0.2) is 0 Å². The average molecular weight is 187 g/mol. The van der Waals surface area contributed by atoms with E-state index in [2.05, 4.69) is 42.2 Å². The molecule has 0 aliphatic heterocycles. The fourth-order valence-corrected chi connectivity index (χ4v) is 1.44. The number of aryl methyl sites for hydroxylation is 2. The summed E-state index contributed by atoms with van der Waals surface area (Å²) < 4.78 is 0. The van der Waals surface area contributed by atoms with Gasteiger partial charge in [-0.3, -0.25) is 5.10 Å². The first-order valence-electron chi connectivity index (χ1n) is 4.55. The minimum atomic E-state index is 0.619. The molecule has 14 heavy (non-hydrogen) atoms. The van der Waals surface area contributed by atoms with Gasteiger partial charge in [-0.1, -0.05) is 18.2 Å². The van der Waals surface area contributed by atoms with Crippen LogP contribution >= 0.6 is 0 Å². The van der Waals surface area contributed by atoms with Gasteiger partial charge in [0.05, 0.1) is 6.20 Å². The second-order valence-corrected chi connectivity index (χ2v) is 3.50. The smallest absolute Gasteiger partial charge is 0.126 e. The molecular weight excluding hydrogens is 174 g/mol. The highest BCUT2D eigenvalue weighted by atomic mass is 15.1. The first-order chi connectivity index (χ1) is 6.68. The molecule has 0 radical (unpaired) electrons. The number of nitrogens with zero attached hydrogens (tertiary/aromatic N) is 1. The first-order valence-corrected chi connectivity index (χ1v) is 4.55. The molecular formula is C11H13N3. The lowest BCUT2D eigenvalue weighted by Gasteiger charge is -2.03. The van der Waals surface area contributed by atoms with Gasteiger partial charge >= 0.3 is 0 Å². The van der Waals surface area contributed by atoms with E-state index in [1.54, 1.807) is 6.20 Å². The Bertz CT molecular complexity index is 457. The van der Waals surface area contributed by atoms with Crippen LogP contribution in [0.5, 0.6) is 0 Å². The van der Waals surface area contributed by atoms with E-state index >= 15 is 0 Å². The molecule has 0 fully saturated rings. The number of aromatic nitrogens is 2. The quantitative estimate of drug-likeness (QED) is 0.719. The van der Waals surface area contributed by atoms with E-state index < -0.39 is 0 Å². The molecule has 0 aliphatic carbocycles. The SMILES string of the molecule is Cc1ccc(-c2cn[nH]c2N)cc1C. The van der Waals surface area contributed by atoms with Gasteiger partial charge < -0.3 is 5.73 Å². The number of nitrogen functional groups attached to an aromatic ring is 1. The maximum absolute atomic E-state index is 5.74. The van der Waals surface area contributed by atoms with Gasteiger partial charge in [0.15, 0.2) is 0 Å². The zero-order valence-electron chi connectivity index (χ0n) is 8.33. The predicted molar refractivity (Wildman–Crippen MR) is 57.9 cm³/mol. The molecule has 0 saturated carbocycles.